The number of rotatable bonds is 4. The number of aromatic nitrogens is 3. The molecule has 0 N–H and O–H groups in total. The van der Waals surface area contributed by atoms with Gasteiger partial charge in [0.05, 0.1) is 5.69 Å². The van der Waals surface area contributed by atoms with Gasteiger partial charge in [0.25, 0.3) is 0 Å². The Balaban J connectivity index is 1.71. The van der Waals surface area contributed by atoms with Crippen LogP contribution in [0.3, 0.4) is 0 Å². The molecule has 0 saturated carbocycles. The van der Waals surface area contributed by atoms with E-state index in [2.05, 4.69) is 4.98 Å². The second-order valence-corrected chi connectivity index (χ2v) is 7.04. The van der Waals surface area contributed by atoms with Crippen LogP contribution in [-0.2, 0) is 7.05 Å². The molecule has 0 aliphatic rings. The number of aryl methyl sites for hydroxylation is 1. The second-order valence-electron chi connectivity index (χ2n) is 6.60. The number of halogens is 1. The van der Waals surface area contributed by atoms with Crippen LogP contribution >= 0.6 is 11.6 Å². The third kappa shape index (κ3) is 3.15. The van der Waals surface area contributed by atoms with E-state index in [-0.39, 0.29) is 0 Å². The summed E-state index contributed by atoms with van der Waals surface area (Å²) in [6, 6.07) is 21.2. The Kier molecular flexibility index (Phi) is 4.30. The standard InChI is InChI=1S/C23H16ClN3O2/c1-27-13-5-8-18(27)21-20(26-23(29-21)16-6-3-2-4-7-16)22-19(25-14-28-22)15-9-11-17(24)12-10-15/h2-14H,1H3. The van der Waals surface area contributed by atoms with E-state index < -0.39 is 0 Å². The van der Waals surface area contributed by atoms with Crippen molar-refractivity contribution in [2.75, 3.05) is 0 Å². The van der Waals surface area contributed by atoms with Crippen molar-refractivity contribution in [2.45, 2.75) is 0 Å². The minimum Gasteiger partial charge on any atom is -0.441 e. The molecule has 0 radical (unpaired) electrons. The molecule has 0 spiro atoms. The van der Waals surface area contributed by atoms with Crippen LogP contribution in [0.2, 0.25) is 5.02 Å². The minimum atomic E-state index is 0.523. The van der Waals surface area contributed by atoms with E-state index in [9.17, 15) is 0 Å². The van der Waals surface area contributed by atoms with Crippen LogP contribution < -0.4 is 0 Å². The molecule has 3 heterocycles. The van der Waals surface area contributed by atoms with Crippen LogP contribution in [0.25, 0.3) is 45.6 Å². The molecule has 0 aliphatic carbocycles. The van der Waals surface area contributed by atoms with Gasteiger partial charge in [0.1, 0.15) is 5.69 Å². The summed E-state index contributed by atoms with van der Waals surface area (Å²) >= 11 is 6.04. The molecule has 142 valence electrons. The Bertz CT molecular complexity index is 1270. The lowest BCUT2D eigenvalue weighted by Crippen LogP contribution is -1.91. The monoisotopic (exact) mass is 401 g/mol. The predicted molar refractivity (Wildman–Crippen MR) is 112 cm³/mol. The summed E-state index contributed by atoms with van der Waals surface area (Å²) in [6.07, 6.45) is 3.38. The normalized spacial score (nSPS) is 11.1. The van der Waals surface area contributed by atoms with Gasteiger partial charge in [0, 0.05) is 29.4 Å². The molecule has 2 aromatic carbocycles. The highest BCUT2D eigenvalue weighted by atomic mass is 35.5. The first-order valence-electron chi connectivity index (χ1n) is 9.08. The van der Waals surface area contributed by atoms with Gasteiger partial charge < -0.3 is 13.4 Å². The summed E-state index contributed by atoms with van der Waals surface area (Å²) in [5.41, 5.74) is 3.97. The van der Waals surface area contributed by atoms with Gasteiger partial charge in [-0.05, 0) is 36.4 Å². The zero-order chi connectivity index (χ0) is 19.8. The summed E-state index contributed by atoms with van der Waals surface area (Å²) in [6.45, 7) is 0. The van der Waals surface area contributed by atoms with Crippen LogP contribution in [0, 0.1) is 0 Å². The van der Waals surface area contributed by atoms with Crippen LogP contribution in [-0.4, -0.2) is 14.5 Å². The first-order valence-corrected chi connectivity index (χ1v) is 9.46. The molecule has 0 bridgehead atoms. The molecule has 6 heteroatoms. The topological polar surface area (TPSA) is 57.0 Å². The van der Waals surface area contributed by atoms with Crippen molar-refractivity contribution in [3.8, 4) is 45.6 Å². The average molecular weight is 402 g/mol. The smallest absolute Gasteiger partial charge is 0.227 e. The van der Waals surface area contributed by atoms with Crippen LogP contribution in [0.5, 0.6) is 0 Å². The lowest BCUT2D eigenvalue weighted by Gasteiger charge is -2.03. The molecule has 29 heavy (non-hydrogen) atoms. The van der Waals surface area contributed by atoms with E-state index in [4.69, 9.17) is 25.4 Å². The van der Waals surface area contributed by atoms with Crippen molar-refractivity contribution in [3.05, 3.63) is 84.3 Å². The minimum absolute atomic E-state index is 0.523. The Hall–Kier alpha value is -3.57. The fourth-order valence-electron chi connectivity index (χ4n) is 3.28. The van der Waals surface area contributed by atoms with Gasteiger partial charge in [-0.15, -0.1) is 0 Å². The van der Waals surface area contributed by atoms with Crippen molar-refractivity contribution in [3.63, 3.8) is 0 Å². The van der Waals surface area contributed by atoms with Crippen molar-refractivity contribution in [1.29, 1.82) is 0 Å². The highest BCUT2D eigenvalue weighted by molar-refractivity contribution is 6.30. The van der Waals surface area contributed by atoms with Gasteiger partial charge in [-0.2, -0.15) is 0 Å². The number of oxazole rings is 2. The molecule has 5 rings (SSSR count). The van der Waals surface area contributed by atoms with Crippen molar-refractivity contribution >= 4 is 11.6 Å². The second kappa shape index (κ2) is 7.11. The zero-order valence-electron chi connectivity index (χ0n) is 15.5. The molecule has 0 fully saturated rings. The zero-order valence-corrected chi connectivity index (χ0v) is 16.3. The first-order chi connectivity index (χ1) is 14.2. The van der Waals surface area contributed by atoms with Crippen molar-refractivity contribution in [2.24, 2.45) is 7.05 Å². The van der Waals surface area contributed by atoms with E-state index in [0.29, 0.717) is 33.8 Å². The Morgan fingerprint density at radius 2 is 1.62 bits per heavy atom. The number of benzene rings is 2. The van der Waals surface area contributed by atoms with E-state index >= 15 is 0 Å². The Labute approximate surface area is 172 Å². The summed E-state index contributed by atoms with van der Waals surface area (Å²) in [7, 11) is 1.96. The van der Waals surface area contributed by atoms with E-state index in [1.54, 1.807) is 0 Å². The fraction of sp³-hybridized carbons (Fsp3) is 0.0435. The SMILES string of the molecule is Cn1cccc1-c1oc(-c2ccccc2)nc1-c1ocnc1-c1ccc(Cl)cc1. The maximum atomic E-state index is 6.22. The Morgan fingerprint density at radius 1 is 0.828 bits per heavy atom. The van der Waals surface area contributed by atoms with Crippen molar-refractivity contribution < 1.29 is 8.83 Å². The summed E-state index contributed by atoms with van der Waals surface area (Å²) in [5.74, 6) is 1.70. The van der Waals surface area contributed by atoms with Gasteiger partial charge in [-0.25, -0.2) is 9.97 Å². The quantitative estimate of drug-likeness (QED) is 0.353. The summed E-state index contributed by atoms with van der Waals surface area (Å²) in [4.78, 5) is 9.21. The fourth-order valence-corrected chi connectivity index (χ4v) is 3.40. The van der Waals surface area contributed by atoms with Gasteiger partial charge in [0.2, 0.25) is 5.89 Å². The summed E-state index contributed by atoms with van der Waals surface area (Å²) < 4.78 is 14.0. The van der Waals surface area contributed by atoms with Gasteiger partial charge in [-0.1, -0.05) is 41.9 Å². The molecule has 0 aliphatic heterocycles. The van der Waals surface area contributed by atoms with Crippen molar-refractivity contribution in [1.82, 2.24) is 14.5 Å². The van der Waals surface area contributed by atoms with E-state index in [1.807, 2.05) is 84.5 Å². The van der Waals surface area contributed by atoms with E-state index in [1.165, 1.54) is 6.39 Å². The van der Waals surface area contributed by atoms with Gasteiger partial charge >= 0.3 is 0 Å². The largest absolute Gasteiger partial charge is 0.441 e. The molecule has 5 aromatic rings. The highest BCUT2D eigenvalue weighted by Gasteiger charge is 2.25. The number of nitrogens with zero attached hydrogens (tertiary/aromatic N) is 3. The number of hydrogen-bond acceptors (Lipinski definition) is 4. The van der Waals surface area contributed by atoms with Crippen LogP contribution in [0.1, 0.15) is 0 Å². The van der Waals surface area contributed by atoms with Crippen LogP contribution in [0.4, 0.5) is 0 Å². The summed E-state index contributed by atoms with van der Waals surface area (Å²) in [5, 5.41) is 0.663. The Morgan fingerprint density at radius 3 is 2.34 bits per heavy atom. The maximum absolute atomic E-state index is 6.22. The molecule has 0 saturated heterocycles. The molecule has 0 atom stereocenters. The van der Waals surface area contributed by atoms with Crippen LogP contribution in [0.15, 0.2) is 88.2 Å². The van der Waals surface area contributed by atoms with Gasteiger partial charge in [-0.3, -0.25) is 0 Å². The van der Waals surface area contributed by atoms with Gasteiger partial charge in [0.15, 0.2) is 23.6 Å². The molecule has 3 aromatic heterocycles. The van der Waals surface area contributed by atoms with E-state index in [0.717, 1.165) is 16.8 Å². The third-order valence-corrected chi connectivity index (χ3v) is 4.98. The molecular formula is C23H16ClN3O2. The third-order valence-electron chi connectivity index (χ3n) is 4.72. The predicted octanol–water partition coefficient (Wildman–Crippen LogP) is 6.32. The number of hydrogen-bond donors (Lipinski definition) is 0. The molecule has 0 unspecified atom stereocenters. The highest BCUT2D eigenvalue weighted by Crippen LogP contribution is 2.39. The lowest BCUT2D eigenvalue weighted by atomic mass is 10.1. The molecule has 0 amide bonds. The lowest BCUT2D eigenvalue weighted by molar-refractivity contribution is 0.566. The first kappa shape index (κ1) is 17.5. The average Bonchev–Trinajstić information content (AvgIpc) is 3.48. The molecular weight excluding hydrogens is 386 g/mol. The molecule has 5 nitrogen and oxygen atoms in total. The maximum Gasteiger partial charge on any atom is 0.227 e.